The Balaban J connectivity index is 3.01. The minimum absolute atomic E-state index is 0.0329. The standard InChI is InChI=1S/C11H11ClN2O4S/c1-7(11(15)16)6-14-19(17,18)10-4-8(5-13)2-3-9(10)12/h2-4,7,14H,6H2,1H3,(H,15,16). The van der Waals surface area contributed by atoms with Gasteiger partial charge in [0.1, 0.15) is 4.90 Å². The summed E-state index contributed by atoms with van der Waals surface area (Å²) in [6.45, 7) is 1.11. The van der Waals surface area contributed by atoms with Crippen LogP contribution >= 0.6 is 11.6 Å². The average Bonchev–Trinajstić information content (AvgIpc) is 2.36. The van der Waals surface area contributed by atoms with Gasteiger partial charge >= 0.3 is 5.97 Å². The molecule has 102 valence electrons. The number of hydrogen-bond acceptors (Lipinski definition) is 4. The van der Waals surface area contributed by atoms with Crippen molar-refractivity contribution in [3.63, 3.8) is 0 Å². The molecule has 6 nitrogen and oxygen atoms in total. The molecule has 19 heavy (non-hydrogen) atoms. The Kier molecular flexibility index (Phi) is 4.89. The highest BCUT2D eigenvalue weighted by Crippen LogP contribution is 2.22. The number of carboxylic acids is 1. The summed E-state index contributed by atoms with van der Waals surface area (Å²) >= 11 is 5.77. The maximum Gasteiger partial charge on any atom is 0.307 e. The molecule has 1 unspecified atom stereocenters. The van der Waals surface area contributed by atoms with E-state index >= 15 is 0 Å². The summed E-state index contributed by atoms with van der Waals surface area (Å²) in [7, 11) is -3.95. The van der Waals surface area contributed by atoms with Gasteiger partial charge in [-0.25, -0.2) is 13.1 Å². The van der Waals surface area contributed by atoms with Crippen LogP contribution in [0.25, 0.3) is 0 Å². The quantitative estimate of drug-likeness (QED) is 0.850. The van der Waals surface area contributed by atoms with Crippen molar-refractivity contribution in [1.29, 1.82) is 5.26 Å². The van der Waals surface area contributed by atoms with Gasteiger partial charge in [0.2, 0.25) is 10.0 Å². The van der Waals surface area contributed by atoms with Gasteiger partial charge in [0, 0.05) is 6.54 Å². The third-order valence-corrected chi connectivity index (χ3v) is 4.26. The number of hydrogen-bond donors (Lipinski definition) is 2. The van der Waals surface area contributed by atoms with E-state index in [1.54, 1.807) is 6.07 Å². The van der Waals surface area contributed by atoms with E-state index in [0.717, 1.165) is 6.07 Å². The molecule has 1 rings (SSSR count). The van der Waals surface area contributed by atoms with Crippen molar-refractivity contribution >= 4 is 27.6 Å². The van der Waals surface area contributed by atoms with Crippen LogP contribution in [0.2, 0.25) is 5.02 Å². The van der Waals surface area contributed by atoms with E-state index in [1.165, 1.54) is 19.1 Å². The summed E-state index contributed by atoms with van der Waals surface area (Å²) in [6.07, 6.45) is 0. The first-order valence-corrected chi connectivity index (χ1v) is 7.06. The van der Waals surface area contributed by atoms with Crippen LogP contribution in [0.15, 0.2) is 23.1 Å². The monoisotopic (exact) mass is 302 g/mol. The second kappa shape index (κ2) is 6.02. The van der Waals surface area contributed by atoms with E-state index in [4.69, 9.17) is 22.0 Å². The summed E-state index contributed by atoms with van der Waals surface area (Å²) in [5, 5.41) is 17.4. The largest absolute Gasteiger partial charge is 0.481 e. The summed E-state index contributed by atoms with van der Waals surface area (Å²) < 4.78 is 26.0. The topological polar surface area (TPSA) is 107 Å². The molecule has 2 N–H and O–H groups in total. The van der Waals surface area contributed by atoms with E-state index in [-0.39, 0.29) is 22.0 Å². The second-order valence-corrected chi connectivity index (χ2v) is 5.99. The zero-order chi connectivity index (χ0) is 14.6. The minimum Gasteiger partial charge on any atom is -0.481 e. The van der Waals surface area contributed by atoms with Crippen molar-refractivity contribution in [2.75, 3.05) is 6.54 Å². The SMILES string of the molecule is CC(CNS(=O)(=O)c1cc(C#N)ccc1Cl)C(=O)O. The Hall–Kier alpha value is -1.62. The Morgan fingerprint density at radius 2 is 2.21 bits per heavy atom. The lowest BCUT2D eigenvalue weighted by Crippen LogP contribution is -2.31. The number of benzene rings is 1. The first kappa shape index (κ1) is 15.4. The zero-order valence-corrected chi connectivity index (χ0v) is 11.5. The van der Waals surface area contributed by atoms with Crippen molar-refractivity contribution in [3.8, 4) is 6.07 Å². The van der Waals surface area contributed by atoms with E-state index < -0.39 is 21.9 Å². The molecule has 0 bridgehead atoms. The molecule has 0 aliphatic heterocycles. The molecule has 0 amide bonds. The number of carbonyl (C=O) groups is 1. The van der Waals surface area contributed by atoms with Gasteiger partial charge in [0.25, 0.3) is 0 Å². The van der Waals surface area contributed by atoms with Gasteiger partial charge in [-0.1, -0.05) is 18.5 Å². The number of nitriles is 1. The van der Waals surface area contributed by atoms with Crippen molar-refractivity contribution in [1.82, 2.24) is 4.72 Å². The Morgan fingerprint density at radius 1 is 1.58 bits per heavy atom. The van der Waals surface area contributed by atoms with E-state index in [2.05, 4.69) is 4.72 Å². The van der Waals surface area contributed by atoms with Crippen molar-refractivity contribution in [2.24, 2.45) is 5.92 Å². The molecule has 0 aliphatic carbocycles. The third-order valence-electron chi connectivity index (χ3n) is 2.35. The maximum atomic E-state index is 12.0. The molecule has 0 saturated heterocycles. The van der Waals surface area contributed by atoms with E-state index in [1.807, 2.05) is 0 Å². The molecule has 1 aromatic rings. The van der Waals surface area contributed by atoms with E-state index in [9.17, 15) is 13.2 Å². The number of halogens is 1. The molecule has 0 fully saturated rings. The molecule has 8 heteroatoms. The smallest absolute Gasteiger partial charge is 0.307 e. The summed E-state index contributed by atoms with van der Waals surface area (Å²) in [5.41, 5.74) is 0.149. The number of nitrogens with zero attached hydrogens (tertiary/aromatic N) is 1. The number of sulfonamides is 1. The molecule has 1 atom stereocenters. The highest BCUT2D eigenvalue weighted by molar-refractivity contribution is 7.89. The predicted octanol–water partition coefficient (Wildman–Crippen LogP) is 1.21. The lowest BCUT2D eigenvalue weighted by molar-refractivity contribution is -0.140. The number of rotatable bonds is 5. The van der Waals surface area contributed by atoms with Crippen LogP contribution in [0.3, 0.4) is 0 Å². The molecule has 0 saturated carbocycles. The Labute approximate surface area is 115 Å². The van der Waals surface area contributed by atoms with Gasteiger partial charge in [-0.3, -0.25) is 4.79 Å². The fraction of sp³-hybridized carbons (Fsp3) is 0.273. The van der Waals surface area contributed by atoms with Crippen LogP contribution in [0.5, 0.6) is 0 Å². The van der Waals surface area contributed by atoms with Gasteiger partial charge in [0.05, 0.1) is 22.6 Å². The molecule has 0 aromatic heterocycles. The molecule has 0 radical (unpaired) electrons. The van der Waals surface area contributed by atoms with Crippen molar-refractivity contribution < 1.29 is 18.3 Å². The lowest BCUT2D eigenvalue weighted by Gasteiger charge is -2.10. The highest BCUT2D eigenvalue weighted by atomic mass is 35.5. The van der Waals surface area contributed by atoms with Crippen LogP contribution in [-0.2, 0) is 14.8 Å². The summed E-state index contributed by atoms with van der Waals surface area (Å²) in [4.78, 5) is 10.4. The fourth-order valence-corrected chi connectivity index (χ4v) is 2.83. The Bertz CT molecular complexity index is 637. The van der Waals surface area contributed by atoms with Crippen LogP contribution < -0.4 is 4.72 Å². The van der Waals surface area contributed by atoms with Gasteiger partial charge in [-0.15, -0.1) is 0 Å². The Morgan fingerprint density at radius 3 is 2.74 bits per heavy atom. The first-order chi connectivity index (χ1) is 8.77. The summed E-state index contributed by atoms with van der Waals surface area (Å²) in [5.74, 6) is -1.98. The highest BCUT2D eigenvalue weighted by Gasteiger charge is 2.21. The van der Waals surface area contributed by atoms with E-state index in [0.29, 0.717) is 0 Å². The number of nitrogens with one attached hydrogen (secondary N) is 1. The molecule has 0 spiro atoms. The lowest BCUT2D eigenvalue weighted by atomic mass is 10.2. The van der Waals surface area contributed by atoms with Crippen LogP contribution in [0.1, 0.15) is 12.5 Å². The number of carboxylic acid groups (broad SMARTS) is 1. The van der Waals surface area contributed by atoms with Gasteiger partial charge in [0.15, 0.2) is 0 Å². The van der Waals surface area contributed by atoms with Crippen LogP contribution in [0.4, 0.5) is 0 Å². The molecule has 0 heterocycles. The molecule has 1 aromatic carbocycles. The molecule has 0 aliphatic rings. The maximum absolute atomic E-state index is 12.0. The van der Waals surface area contributed by atoms with Gasteiger partial charge in [-0.2, -0.15) is 5.26 Å². The van der Waals surface area contributed by atoms with Gasteiger partial charge in [-0.05, 0) is 18.2 Å². The van der Waals surface area contributed by atoms with Crippen LogP contribution in [0, 0.1) is 17.2 Å². The predicted molar refractivity (Wildman–Crippen MR) is 68.2 cm³/mol. The molecular weight excluding hydrogens is 292 g/mol. The summed E-state index contributed by atoms with van der Waals surface area (Å²) in [6, 6.07) is 5.63. The van der Waals surface area contributed by atoms with Gasteiger partial charge < -0.3 is 5.11 Å². The average molecular weight is 303 g/mol. The first-order valence-electron chi connectivity index (χ1n) is 5.20. The second-order valence-electron chi connectivity index (χ2n) is 3.85. The van der Waals surface area contributed by atoms with Crippen molar-refractivity contribution in [3.05, 3.63) is 28.8 Å². The zero-order valence-electron chi connectivity index (χ0n) is 9.92. The third kappa shape index (κ3) is 3.92. The van der Waals surface area contributed by atoms with Crippen molar-refractivity contribution in [2.45, 2.75) is 11.8 Å². The van der Waals surface area contributed by atoms with Crippen LogP contribution in [-0.4, -0.2) is 26.0 Å². The normalized spacial score (nSPS) is 12.7. The molecular formula is C11H11ClN2O4S. The fourth-order valence-electron chi connectivity index (χ4n) is 1.18. The number of aliphatic carboxylic acids is 1. The minimum atomic E-state index is -3.95.